The van der Waals surface area contributed by atoms with Crippen molar-refractivity contribution in [2.24, 2.45) is 5.92 Å². The number of benzene rings is 1. The van der Waals surface area contributed by atoms with Crippen LogP contribution in [0.25, 0.3) is 6.08 Å². The van der Waals surface area contributed by atoms with Gasteiger partial charge in [0, 0.05) is 24.4 Å². The first-order valence-electron chi connectivity index (χ1n) is 7.06. The van der Waals surface area contributed by atoms with Crippen molar-refractivity contribution in [2.75, 3.05) is 12.3 Å². The summed E-state index contributed by atoms with van der Waals surface area (Å²) in [6, 6.07) is 8.08. The van der Waals surface area contributed by atoms with Crippen LogP contribution < -0.4 is 5.73 Å². The highest BCUT2D eigenvalue weighted by molar-refractivity contribution is 5.92. The van der Waals surface area contributed by atoms with Crippen molar-refractivity contribution in [1.29, 1.82) is 0 Å². The summed E-state index contributed by atoms with van der Waals surface area (Å²) in [7, 11) is 0. The lowest BCUT2D eigenvalue weighted by molar-refractivity contribution is -0.126. The van der Waals surface area contributed by atoms with Crippen LogP contribution in [0.3, 0.4) is 0 Å². The highest BCUT2D eigenvalue weighted by atomic mass is 16.2. The topological polar surface area (TPSA) is 46.3 Å². The van der Waals surface area contributed by atoms with Crippen LogP contribution in [0.4, 0.5) is 5.69 Å². The monoisotopic (exact) mass is 256 g/mol. The van der Waals surface area contributed by atoms with Gasteiger partial charge in [0.1, 0.15) is 0 Å². The molecular formula is C16H20N2O. The fraction of sp³-hybridized carbons (Fsp3) is 0.438. The van der Waals surface area contributed by atoms with Crippen LogP contribution in [0, 0.1) is 5.92 Å². The molecule has 0 bridgehead atoms. The van der Waals surface area contributed by atoms with Gasteiger partial charge < -0.3 is 10.6 Å². The quantitative estimate of drug-likeness (QED) is 0.650. The first kappa shape index (κ1) is 12.3. The predicted molar refractivity (Wildman–Crippen MR) is 77.3 cm³/mol. The second kappa shape index (κ2) is 5.08. The molecule has 0 radical (unpaired) electrons. The van der Waals surface area contributed by atoms with Gasteiger partial charge in [-0.2, -0.15) is 0 Å². The first-order chi connectivity index (χ1) is 9.22. The molecule has 1 aromatic carbocycles. The number of carbonyl (C=O) groups excluding carboxylic acids is 1. The third-order valence-corrected chi connectivity index (χ3v) is 3.78. The zero-order valence-corrected chi connectivity index (χ0v) is 11.1. The molecule has 2 aliphatic carbocycles. The number of amides is 1. The number of anilines is 1. The molecule has 1 amide bonds. The van der Waals surface area contributed by atoms with Gasteiger partial charge in [-0.3, -0.25) is 4.79 Å². The van der Waals surface area contributed by atoms with E-state index in [2.05, 4.69) is 4.90 Å². The summed E-state index contributed by atoms with van der Waals surface area (Å²) in [5.74, 6) is 0.917. The van der Waals surface area contributed by atoms with Crippen LogP contribution >= 0.6 is 0 Å². The number of hydrogen-bond donors (Lipinski definition) is 1. The number of nitrogen functional groups attached to an aromatic ring is 1. The summed E-state index contributed by atoms with van der Waals surface area (Å²) in [6.45, 7) is 0.954. The number of hydrogen-bond acceptors (Lipinski definition) is 2. The van der Waals surface area contributed by atoms with Crippen molar-refractivity contribution >= 4 is 17.7 Å². The molecular weight excluding hydrogens is 236 g/mol. The molecule has 0 aliphatic heterocycles. The van der Waals surface area contributed by atoms with E-state index in [1.54, 1.807) is 6.08 Å². The lowest BCUT2D eigenvalue weighted by Gasteiger charge is -2.20. The Morgan fingerprint density at radius 2 is 1.89 bits per heavy atom. The van der Waals surface area contributed by atoms with Crippen LogP contribution in [0.2, 0.25) is 0 Å². The zero-order chi connectivity index (χ0) is 13.2. The maximum Gasteiger partial charge on any atom is 0.246 e. The Morgan fingerprint density at radius 1 is 1.21 bits per heavy atom. The minimum absolute atomic E-state index is 0.159. The van der Waals surface area contributed by atoms with Crippen molar-refractivity contribution in [3.8, 4) is 0 Å². The molecule has 2 saturated carbocycles. The van der Waals surface area contributed by atoms with E-state index in [1.807, 2.05) is 30.3 Å². The van der Waals surface area contributed by atoms with Gasteiger partial charge in [0.05, 0.1) is 0 Å². The van der Waals surface area contributed by atoms with E-state index in [1.165, 1.54) is 25.7 Å². The van der Waals surface area contributed by atoms with Gasteiger partial charge in [-0.15, -0.1) is 0 Å². The van der Waals surface area contributed by atoms with Crippen LogP contribution in [0.15, 0.2) is 30.3 Å². The molecule has 2 aliphatic rings. The van der Waals surface area contributed by atoms with E-state index >= 15 is 0 Å². The molecule has 3 rings (SSSR count). The van der Waals surface area contributed by atoms with E-state index in [4.69, 9.17) is 5.73 Å². The highest BCUT2D eigenvalue weighted by Gasteiger charge is 2.35. The fourth-order valence-electron chi connectivity index (χ4n) is 2.25. The smallest absolute Gasteiger partial charge is 0.246 e. The molecule has 3 nitrogen and oxygen atoms in total. The fourth-order valence-corrected chi connectivity index (χ4v) is 2.25. The van der Waals surface area contributed by atoms with E-state index in [0.717, 1.165) is 23.7 Å². The molecule has 3 heteroatoms. The van der Waals surface area contributed by atoms with Crippen molar-refractivity contribution in [1.82, 2.24) is 4.90 Å². The Labute approximate surface area is 114 Å². The summed E-state index contributed by atoms with van der Waals surface area (Å²) >= 11 is 0. The van der Waals surface area contributed by atoms with E-state index in [9.17, 15) is 4.79 Å². The summed E-state index contributed by atoms with van der Waals surface area (Å²) in [5, 5.41) is 0. The Kier molecular flexibility index (Phi) is 3.28. The highest BCUT2D eigenvalue weighted by Crippen LogP contribution is 2.35. The second-order valence-electron chi connectivity index (χ2n) is 5.67. The normalized spacial score (nSPS) is 18.7. The van der Waals surface area contributed by atoms with Crippen molar-refractivity contribution in [2.45, 2.75) is 31.7 Å². The Bertz CT molecular complexity index is 484. The summed E-state index contributed by atoms with van der Waals surface area (Å²) in [6.07, 6.45) is 8.51. The molecule has 100 valence electrons. The average molecular weight is 256 g/mol. The van der Waals surface area contributed by atoms with Gasteiger partial charge in [-0.25, -0.2) is 0 Å². The van der Waals surface area contributed by atoms with Gasteiger partial charge >= 0.3 is 0 Å². The molecule has 19 heavy (non-hydrogen) atoms. The van der Waals surface area contributed by atoms with Crippen LogP contribution in [0.5, 0.6) is 0 Å². The number of nitrogens with zero attached hydrogens (tertiary/aromatic N) is 1. The van der Waals surface area contributed by atoms with Crippen LogP contribution in [-0.2, 0) is 4.79 Å². The molecule has 0 heterocycles. The summed E-state index contributed by atoms with van der Waals surface area (Å²) in [5.41, 5.74) is 7.41. The van der Waals surface area contributed by atoms with E-state index in [0.29, 0.717) is 6.04 Å². The summed E-state index contributed by atoms with van der Waals surface area (Å²) < 4.78 is 0. The number of carbonyl (C=O) groups is 1. The second-order valence-corrected chi connectivity index (χ2v) is 5.67. The SMILES string of the molecule is Nc1ccc(/C=C/C(=O)N(CC2CC2)C2CC2)cc1. The van der Waals surface area contributed by atoms with Gasteiger partial charge in [0.15, 0.2) is 0 Å². The molecule has 0 unspecified atom stereocenters. The molecule has 1 aromatic rings. The van der Waals surface area contributed by atoms with Gasteiger partial charge in [-0.05, 0) is 55.4 Å². The summed E-state index contributed by atoms with van der Waals surface area (Å²) in [4.78, 5) is 14.3. The average Bonchev–Trinajstić information content (AvgIpc) is 3.27. The Balaban J connectivity index is 1.63. The molecule has 0 aromatic heterocycles. The molecule has 0 atom stereocenters. The third-order valence-electron chi connectivity index (χ3n) is 3.78. The maximum absolute atomic E-state index is 12.2. The Hall–Kier alpha value is -1.77. The molecule has 2 N–H and O–H groups in total. The molecule has 0 spiro atoms. The number of rotatable bonds is 5. The zero-order valence-electron chi connectivity index (χ0n) is 11.1. The largest absolute Gasteiger partial charge is 0.399 e. The molecule has 2 fully saturated rings. The van der Waals surface area contributed by atoms with E-state index in [-0.39, 0.29) is 5.91 Å². The lowest BCUT2D eigenvalue weighted by atomic mass is 10.2. The molecule has 0 saturated heterocycles. The van der Waals surface area contributed by atoms with Crippen molar-refractivity contribution in [3.63, 3.8) is 0 Å². The van der Waals surface area contributed by atoms with Gasteiger partial charge in [0.25, 0.3) is 0 Å². The van der Waals surface area contributed by atoms with E-state index < -0.39 is 0 Å². The van der Waals surface area contributed by atoms with Gasteiger partial charge in [-0.1, -0.05) is 12.1 Å². The Morgan fingerprint density at radius 3 is 2.47 bits per heavy atom. The van der Waals surface area contributed by atoms with Crippen LogP contribution in [0.1, 0.15) is 31.2 Å². The van der Waals surface area contributed by atoms with Crippen molar-refractivity contribution in [3.05, 3.63) is 35.9 Å². The van der Waals surface area contributed by atoms with Crippen LogP contribution in [-0.4, -0.2) is 23.4 Å². The minimum Gasteiger partial charge on any atom is -0.399 e. The predicted octanol–water partition coefficient (Wildman–Crippen LogP) is 2.68. The standard InChI is InChI=1S/C16H20N2O/c17-14-6-3-12(4-7-14)5-10-16(19)18(15-8-9-15)11-13-1-2-13/h3-7,10,13,15H,1-2,8-9,11,17H2/b10-5+. The number of nitrogens with two attached hydrogens (primary N) is 1. The van der Waals surface area contributed by atoms with Gasteiger partial charge in [0.2, 0.25) is 5.91 Å². The first-order valence-corrected chi connectivity index (χ1v) is 7.06. The minimum atomic E-state index is 0.159. The van der Waals surface area contributed by atoms with Crippen molar-refractivity contribution < 1.29 is 4.79 Å². The lowest BCUT2D eigenvalue weighted by Crippen LogP contribution is -2.33. The maximum atomic E-state index is 12.2. The third kappa shape index (κ3) is 3.37.